The molecule has 1 saturated heterocycles. The van der Waals surface area contributed by atoms with Crippen molar-refractivity contribution in [2.24, 2.45) is 0 Å². The lowest BCUT2D eigenvalue weighted by molar-refractivity contribution is -0.917. The van der Waals surface area contributed by atoms with Gasteiger partial charge < -0.3 is 10.2 Å². The summed E-state index contributed by atoms with van der Waals surface area (Å²) in [5.41, 5.74) is 0.391. The lowest BCUT2D eigenvalue weighted by Crippen LogP contribution is -3.19. The van der Waals surface area contributed by atoms with Crippen molar-refractivity contribution < 1.29 is 18.1 Å². The third-order valence-electron chi connectivity index (χ3n) is 5.02. The minimum atomic E-state index is -3.52. The lowest BCUT2D eigenvalue weighted by atomic mass is 10.2. The Hall–Kier alpha value is -1.35. The summed E-state index contributed by atoms with van der Waals surface area (Å²) >= 11 is 18.0. The van der Waals surface area contributed by atoms with Crippen molar-refractivity contribution in [3.05, 3.63) is 57.5 Å². The number of quaternary nitrogens is 1. The highest BCUT2D eigenvalue weighted by atomic mass is 35.5. The molecule has 1 heterocycles. The van der Waals surface area contributed by atoms with Gasteiger partial charge in [0.2, 0.25) is 10.0 Å². The minimum Gasteiger partial charge on any atom is -0.323 e. The van der Waals surface area contributed by atoms with Crippen LogP contribution in [0.25, 0.3) is 0 Å². The second-order valence-corrected chi connectivity index (χ2v) is 9.99. The van der Waals surface area contributed by atoms with Crippen molar-refractivity contribution in [1.82, 2.24) is 4.31 Å². The summed E-state index contributed by atoms with van der Waals surface area (Å²) in [4.78, 5) is 13.9. The van der Waals surface area contributed by atoms with Gasteiger partial charge in [-0.05, 0) is 31.2 Å². The molecule has 156 valence electrons. The van der Waals surface area contributed by atoms with E-state index in [9.17, 15) is 13.2 Å². The Labute approximate surface area is 185 Å². The number of hydrogen-bond donors (Lipinski definition) is 2. The highest BCUT2D eigenvalue weighted by molar-refractivity contribution is 7.89. The lowest BCUT2D eigenvalue weighted by Gasteiger charge is -2.34. The number of nitrogens with zero attached hydrogens (tertiary/aromatic N) is 1. The van der Waals surface area contributed by atoms with E-state index in [0.29, 0.717) is 46.9 Å². The Morgan fingerprint density at radius 3 is 2.24 bits per heavy atom. The maximum absolute atomic E-state index is 12.7. The van der Waals surface area contributed by atoms with Gasteiger partial charge in [0.15, 0.2) is 6.04 Å². The van der Waals surface area contributed by atoms with E-state index in [1.54, 1.807) is 37.3 Å². The van der Waals surface area contributed by atoms with E-state index in [1.165, 1.54) is 16.4 Å². The van der Waals surface area contributed by atoms with Crippen LogP contribution < -0.4 is 10.2 Å². The quantitative estimate of drug-likeness (QED) is 0.650. The molecule has 1 fully saturated rings. The molecular weight excluding hydrogens is 457 g/mol. The first-order valence-corrected chi connectivity index (χ1v) is 11.6. The van der Waals surface area contributed by atoms with Crippen LogP contribution in [0.2, 0.25) is 15.1 Å². The number of piperazine rings is 1. The number of benzene rings is 2. The Bertz CT molecular complexity index is 995. The molecule has 0 aliphatic carbocycles. The summed E-state index contributed by atoms with van der Waals surface area (Å²) < 4.78 is 26.9. The van der Waals surface area contributed by atoms with Crippen LogP contribution in [0.1, 0.15) is 6.92 Å². The van der Waals surface area contributed by atoms with E-state index >= 15 is 0 Å². The standard InChI is InChI=1S/C19H20Cl3N3O3S/c1-13(19(26)23-18-12-16(21)15(20)11-17(18)22)24-7-9-25(10-8-24)29(27,28)14-5-3-2-4-6-14/h2-6,11-13H,7-10H2,1H3,(H,23,26)/p+1/t13-/m0/s1. The number of sulfonamides is 1. The average molecular weight is 478 g/mol. The first-order chi connectivity index (χ1) is 13.7. The summed E-state index contributed by atoms with van der Waals surface area (Å²) in [6.45, 7) is 3.54. The number of amides is 1. The van der Waals surface area contributed by atoms with Gasteiger partial charge in [0.1, 0.15) is 0 Å². The average Bonchev–Trinajstić information content (AvgIpc) is 2.72. The van der Waals surface area contributed by atoms with E-state index in [-0.39, 0.29) is 16.8 Å². The smallest absolute Gasteiger partial charge is 0.282 e. The van der Waals surface area contributed by atoms with E-state index in [1.807, 2.05) is 0 Å². The molecule has 0 saturated carbocycles. The third kappa shape index (κ3) is 5.05. The van der Waals surface area contributed by atoms with Crippen LogP contribution in [0.5, 0.6) is 0 Å². The molecule has 0 unspecified atom stereocenters. The number of carbonyl (C=O) groups excluding carboxylic acids is 1. The van der Waals surface area contributed by atoms with Gasteiger partial charge in [0, 0.05) is 0 Å². The van der Waals surface area contributed by atoms with Gasteiger partial charge in [-0.2, -0.15) is 4.31 Å². The maximum Gasteiger partial charge on any atom is 0.282 e. The van der Waals surface area contributed by atoms with E-state index < -0.39 is 10.0 Å². The normalized spacial score (nSPS) is 17.1. The molecule has 1 aliphatic heterocycles. The van der Waals surface area contributed by atoms with Crippen molar-refractivity contribution in [2.75, 3.05) is 31.5 Å². The number of anilines is 1. The number of rotatable bonds is 5. The van der Waals surface area contributed by atoms with Crippen LogP contribution in [-0.4, -0.2) is 50.9 Å². The fourth-order valence-electron chi connectivity index (χ4n) is 3.23. The molecule has 1 amide bonds. The third-order valence-corrected chi connectivity index (χ3v) is 7.97. The van der Waals surface area contributed by atoms with Gasteiger partial charge in [-0.15, -0.1) is 0 Å². The molecule has 0 spiro atoms. The van der Waals surface area contributed by atoms with Crippen molar-refractivity contribution in [2.45, 2.75) is 17.9 Å². The molecule has 6 nitrogen and oxygen atoms in total. The van der Waals surface area contributed by atoms with Gasteiger partial charge in [-0.25, -0.2) is 8.42 Å². The van der Waals surface area contributed by atoms with Crippen molar-refractivity contribution >= 4 is 56.4 Å². The maximum atomic E-state index is 12.7. The van der Waals surface area contributed by atoms with Crippen LogP contribution in [0, 0.1) is 0 Å². The van der Waals surface area contributed by atoms with E-state index in [0.717, 1.165) is 4.90 Å². The molecule has 1 atom stereocenters. The SMILES string of the molecule is C[C@@H](C(=O)Nc1cc(Cl)c(Cl)cc1Cl)[NH+]1CCN(S(=O)(=O)c2ccccc2)CC1. The zero-order valence-corrected chi connectivity index (χ0v) is 18.7. The van der Waals surface area contributed by atoms with E-state index in [2.05, 4.69) is 5.32 Å². The van der Waals surface area contributed by atoms with Crippen LogP contribution in [0.15, 0.2) is 47.4 Å². The van der Waals surface area contributed by atoms with Crippen LogP contribution in [0.3, 0.4) is 0 Å². The molecule has 3 rings (SSSR count). The molecule has 0 bridgehead atoms. The van der Waals surface area contributed by atoms with Crippen LogP contribution in [-0.2, 0) is 14.8 Å². The van der Waals surface area contributed by atoms with Gasteiger partial charge >= 0.3 is 0 Å². The first kappa shape index (κ1) is 22.3. The molecule has 1 aliphatic rings. The number of halogens is 3. The summed E-state index contributed by atoms with van der Waals surface area (Å²) in [6.07, 6.45) is 0. The molecule has 0 aromatic heterocycles. The summed E-state index contributed by atoms with van der Waals surface area (Å²) in [6, 6.07) is 11.0. The largest absolute Gasteiger partial charge is 0.323 e. The minimum absolute atomic E-state index is 0.223. The fourth-order valence-corrected chi connectivity index (χ4v) is 5.29. The van der Waals surface area contributed by atoms with E-state index in [4.69, 9.17) is 34.8 Å². The molecule has 2 aromatic rings. The van der Waals surface area contributed by atoms with Crippen LogP contribution in [0.4, 0.5) is 5.69 Å². The predicted molar refractivity (Wildman–Crippen MR) is 115 cm³/mol. The molecule has 29 heavy (non-hydrogen) atoms. The molecule has 0 radical (unpaired) electrons. The zero-order valence-electron chi connectivity index (χ0n) is 15.7. The topological polar surface area (TPSA) is 70.9 Å². The second-order valence-electron chi connectivity index (χ2n) is 6.83. The zero-order chi connectivity index (χ0) is 21.2. The Morgan fingerprint density at radius 1 is 1.03 bits per heavy atom. The van der Waals surface area contributed by atoms with Crippen LogP contribution >= 0.6 is 34.8 Å². The fraction of sp³-hybridized carbons (Fsp3) is 0.316. The van der Waals surface area contributed by atoms with Gasteiger partial charge in [0.05, 0.1) is 51.8 Å². The number of nitrogens with one attached hydrogen (secondary N) is 2. The second kappa shape index (κ2) is 9.20. The first-order valence-electron chi connectivity index (χ1n) is 9.05. The van der Waals surface area contributed by atoms with Crippen molar-refractivity contribution in [3.63, 3.8) is 0 Å². The van der Waals surface area contributed by atoms with Gasteiger partial charge in [-0.3, -0.25) is 4.79 Å². The van der Waals surface area contributed by atoms with Gasteiger partial charge in [-0.1, -0.05) is 53.0 Å². The monoisotopic (exact) mass is 476 g/mol. The predicted octanol–water partition coefficient (Wildman–Crippen LogP) is 2.56. The Morgan fingerprint density at radius 2 is 1.62 bits per heavy atom. The number of carbonyl (C=O) groups is 1. The Kier molecular flexibility index (Phi) is 7.09. The molecule has 2 N–H and O–H groups in total. The molecular formula is C19H21Cl3N3O3S+. The number of hydrogen-bond acceptors (Lipinski definition) is 3. The molecule has 2 aromatic carbocycles. The summed E-state index contributed by atoms with van der Waals surface area (Å²) in [7, 11) is -3.52. The highest BCUT2D eigenvalue weighted by Gasteiger charge is 2.34. The molecule has 10 heteroatoms. The van der Waals surface area contributed by atoms with Crippen molar-refractivity contribution in [3.8, 4) is 0 Å². The van der Waals surface area contributed by atoms with Gasteiger partial charge in [0.25, 0.3) is 5.91 Å². The Balaban J connectivity index is 1.62. The summed E-state index contributed by atoms with van der Waals surface area (Å²) in [5, 5.41) is 3.68. The van der Waals surface area contributed by atoms with Crippen molar-refractivity contribution in [1.29, 1.82) is 0 Å². The highest BCUT2D eigenvalue weighted by Crippen LogP contribution is 2.32. The summed E-state index contributed by atoms with van der Waals surface area (Å²) in [5.74, 6) is -0.223.